The van der Waals surface area contributed by atoms with Crippen LogP contribution in [0.15, 0.2) is 30.5 Å². The molecule has 0 bridgehead atoms. The number of rotatable bonds is 1. The molecule has 2 rings (SSSR count). The van der Waals surface area contributed by atoms with Gasteiger partial charge < -0.3 is 0 Å². The molecule has 0 saturated carbocycles. The maximum absolute atomic E-state index is 13.4. The van der Waals surface area contributed by atoms with E-state index in [-0.39, 0.29) is 6.20 Å². The molecule has 0 aliphatic carbocycles. The average Bonchev–Trinajstić information content (AvgIpc) is 2.32. The first-order valence-electron chi connectivity index (χ1n) is 4.98. The van der Waals surface area contributed by atoms with Crippen molar-refractivity contribution in [2.75, 3.05) is 0 Å². The van der Waals surface area contributed by atoms with Gasteiger partial charge in [0, 0.05) is 17.3 Å². The number of nitrogens with zero attached hydrogens (tertiary/aromatic N) is 1. The van der Waals surface area contributed by atoms with Crippen LogP contribution in [0.3, 0.4) is 0 Å². The summed E-state index contributed by atoms with van der Waals surface area (Å²) in [6.07, 6.45) is -4.46. The zero-order valence-electron chi connectivity index (χ0n) is 9.10. The van der Waals surface area contributed by atoms with E-state index in [1.54, 1.807) is 0 Å². The Morgan fingerprint density at radius 3 is 2.26 bits per heavy atom. The lowest BCUT2D eigenvalue weighted by molar-refractivity contribution is -0.137. The molecule has 7 heteroatoms. The topological polar surface area (TPSA) is 12.9 Å². The smallest absolute Gasteiger partial charge is 0.227 e. The Balaban J connectivity index is 2.65. The maximum atomic E-state index is 13.4. The van der Waals surface area contributed by atoms with E-state index in [9.17, 15) is 26.3 Å². The van der Waals surface area contributed by atoms with E-state index in [1.165, 1.54) is 0 Å². The van der Waals surface area contributed by atoms with Gasteiger partial charge in [0.1, 0.15) is 0 Å². The zero-order chi connectivity index (χ0) is 14.2. The summed E-state index contributed by atoms with van der Waals surface area (Å²) in [7, 11) is 0. The van der Waals surface area contributed by atoms with Gasteiger partial charge in [-0.2, -0.15) is 17.6 Å². The minimum atomic E-state index is -4.75. The summed E-state index contributed by atoms with van der Waals surface area (Å²) in [5.74, 6) is -4.02. The normalized spacial score (nSPS) is 11.7. The fourth-order valence-electron chi connectivity index (χ4n) is 1.50. The van der Waals surface area contributed by atoms with Crippen LogP contribution in [0.5, 0.6) is 0 Å². The van der Waals surface area contributed by atoms with Crippen molar-refractivity contribution in [3.05, 3.63) is 53.6 Å². The lowest BCUT2D eigenvalue weighted by Crippen LogP contribution is -2.07. The van der Waals surface area contributed by atoms with Gasteiger partial charge in [0.05, 0.1) is 5.56 Å². The Kier molecular flexibility index (Phi) is 3.21. The number of aromatic nitrogens is 1. The van der Waals surface area contributed by atoms with Crippen LogP contribution >= 0.6 is 0 Å². The monoisotopic (exact) mass is 277 g/mol. The van der Waals surface area contributed by atoms with Gasteiger partial charge in [-0.3, -0.25) is 0 Å². The van der Waals surface area contributed by atoms with Gasteiger partial charge in [0.2, 0.25) is 5.95 Å². The lowest BCUT2D eigenvalue weighted by atomic mass is 10.0. The fourth-order valence-corrected chi connectivity index (χ4v) is 1.50. The Morgan fingerprint density at radius 1 is 0.947 bits per heavy atom. The number of halogens is 6. The highest BCUT2D eigenvalue weighted by molar-refractivity contribution is 5.64. The number of benzene rings is 1. The number of hydrogen-bond acceptors (Lipinski definition) is 1. The molecule has 1 nitrogen and oxygen atoms in total. The van der Waals surface area contributed by atoms with Crippen molar-refractivity contribution in [1.82, 2.24) is 4.98 Å². The van der Waals surface area contributed by atoms with Crippen LogP contribution in [0.1, 0.15) is 5.56 Å². The summed E-state index contributed by atoms with van der Waals surface area (Å²) < 4.78 is 77.2. The molecule has 1 aromatic heterocycles. The standard InChI is InChI=1S/C12H5F6N/c13-9-3-1-2-7(10(9)14)8-4-6(12(16,17)18)5-19-11(8)15/h1-5H. The van der Waals surface area contributed by atoms with Gasteiger partial charge in [0.25, 0.3) is 0 Å². The highest BCUT2D eigenvalue weighted by Gasteiger charge is 2.32. The molecule has 0 aliphatic heterocycles. The zero-order valence-corrected chi connectivity index (χ0v) is 9.10. The van der Waals surface area contributed by atoms with Gasteiger partial charge in [-0.25, -0.2) is 13.8 Å². The average molecular weight is 277 g/mol. The molecule has 0 unspecified atom stereocenters. The molecule has 0 N–H and O–H groups in total. The molecular weight excluding hydrogens is 272 g/mol. The van der Waals surface area contributed by atoms with E-state index >= 15 is 0 Å². The van der Waals surface area contributed by atoms with Gasteiger partial charge in [0.15, 0.2) is 11.6 Å². The molecule has 0 fully saturated rings. The van der Waals surface area contributed by atoms with Crippen LogP contribution in [0.4, 0.5) is 26.3 Å². The van der Waals surface area contributed by atoms with Crippen molar-refractivity contribution in [1.29, 1.82) is 0 Å². The van der Waals surface area contributed by atoms with Gasteiger partial charge in [-0.15, -0.1) is 0 Å². The third kappa shape index (κ3) is 2.54. The van der Waals surface area contributed by atoms with E-state index in [2.05, 4.69) is 4.98 Å². The SMILES string of the molecule is Fc1cccc(-c2cc(C(F)(F)F)cnc2F)c1F. The highest BCUT2D eigenvalue weighted by atomic mass is 19.4. The lowest BCUT2D eigenvalue weighted by Gasteiger charge is -2.10. The van der Waals surface area contributed by atoms with E-state index in [4.69, 9.17) is 0 Å². The third-order valence-corrected chi connectivity index (χ3v) is 2.41. The second-order valence-electron chi connectivity index (χ2n) is 3.66. The van der Waals surface area contributed by atoms with Gasteiger partial charge in [-0.05, 0) is 12.1 Å². The highest BCUT2D eigenvalue weighted by Crippen LogP contribution is 2.33. The molecular formula is C12H5F6N. The Hall–Kier alpha value is -2.05. The molecule has 19 heavy (non-hydrogen) atoms. The van der Waals surface area contributed by atoms with E-state index in [0.717, 1.165) is 18.2 Å². The molecule has 2 aromatic rings. The summed E-state index contributed by atoms with van der Waals surface area (Å²) in [6.45, 7) is 0. The predicted octanol–water partition coefficient (Wildman–Crippen LogP) is 4.18. The maximum Gasteiger partial charge on any atom is 0.417 e. The molecule has 0 saturated heterocycles. The second-order valence-corrected chi connectivity index (χ2v) is 3.66. The van der Waals surface area contributed by atoms with Crippen molar-refractivity contribution >= 4 is 0 Å². The van der Waals surface area contributed by atoms with Crippen molar-refractivity contribution in [2.24, 2.45) is 0 Å². The fraction of sp³-hybridized carbons (Fsp3) is 0.0833. The molecule has 0 atom stereocenters. The molecule has 1 aromatic carbocycles. The molecule has 0 amide bonds. The van der Waals surface area contributed by atoms with Crippen LogP contribution < -0.4 is 0 Å². The van der Waals surface area contributed by atoms with Crippen molar-refractivity contribution < 1.29 is 26.3 Å². The van der Waals surface area contributed by atoms with Gasteiger partial charge >= 0.3 is 6.18 Å². The number of pyridine rings is 1. The van der Waals surface area contributed by atoms with E-state index in [1.807, 2.05) is 0 Å². The minimum Gasteiger partial charge on any atom is -0.227 e. The summed E-state index contributed by atoms with van der Waals surface area (Å²) in [6, 6.07) is 3.20. The summed E-state index contributed by atoms with van der Waals surface area (Å²) in [5, 5.41) is 0. The van der Waals surface area contributed by atoms with Crippen molar-refractivity contribution in [3.63, 3.8) is 0 Å². The van der Waals surface area contributed by atoms with E-state index in [0.29, 0.717) is 6.07 Å². The second kappa shape index (κ2) is 4.56. The van der Waals surface area contributed by atoms with Gasteiger partial charge in [-0.1, -0.05) is 12.1 Å². The Labute approximate surface area is 103 Å². The summed E-state index contributed by atoms with van der Waals surface area (Å²) in [4.78, 5) is 2.92. The van der Waals surface area contributed by atoms with E-state index < -0.39 is 40.4 Å². The molecule has 1 heterocycles. The van der Waals surface area contributed by atoms with Crippen LogP contribution in [0.2, 0.25) is 0 Å². The molecule has 100 valence electrons. The van der Waals surface area contributed by atoms with Crippen molar-refractivity contribution in [2.45, 2.75) is 6.18 Å². The first-order valence-corrected chi connectivity index (χ1v) is 4.98. The minimum absolute atomic E-state index is 0.288. The van der Waals surface area contributed by atoms with Crippen LogP contribution in [0.25, 0.3) is 11.1 Å². The molecule has 0 aliphatic rings. The predicted molar refractivity (Wildman–Crippen MR) is 54.5 cm³/mol. The van der Waals surface area contributed by atoms with Crippen LogP contribution in [0, 0.1) is 17.6 Å². The largest absolute Gasteiger partial charge is 0.417 e. The number of hydrogen-bond donors (Lipinski definition) is 0. The van der Waals surface area contributed by atoms with Crippen molar-refractivity contribution in [3.8, 4) is 11.1 Å². The first-order chi connectivity index (χ1) is 8.80. The Bertz CT molecular complexity index is 620. The molecule has 0 radical (unpaired) electrons. The quantitative estimate of drug-likeness (QED) is 0.562. The van der Waals surface area contributed by atoms with Crippen LogP contribution in [-0.2, 0) is 6.18 Å². The molecule has 0 spiro atoms. The Morgan fingerprint density at radius 2 is 1.63 bits per heavy atom. The first kappa shape index (κ1) is 13.4. The summed E-state index contributed by atoms with van der Waals surface area (Å²) >= 11 is 0. The number of alkyl halides is 3. The summed E-state index contributed by atoms with van der Waals surface area (Å²) in [5.41, 5.74) is -2.60. The third-order valence-electron chi connectivity index (χ3n) is 2.41. The van der Waals surface area contributed by atoms with Crippen LogP contribution in [-0.4, -0.2) is 4.98 Å².